The van der Waals surface area contributed by atoms with E-state index in [1.54, 1.807) is 27.7 Å². The van der Waals surface area contributed by atoms with Gasteiger partial charge < -0.3 is 20.6 Å². The molecule has 0 aromatic heterocycles. The molecule has 2 rings (SSSR count). The number of nitrogens with one attached hydrogen (secondary N) is 2. The lowest BCUT2D eigenvalue weighted by atomic mass is 9.99. The van der Waals surface area contributed by atoms with Gasteiger partial charge in [-0.25, -0.2) is 9.18 Å². The van der Waals surface area contributed by atoms with Crippen molar-refractivity contribution in [1.82, 2.24) is 10.6 Å². The summed E-state index contributed by atoms with van der Waals surface area (Å²) in [5, 5.41) is 14.4. The molecule has 1 aromatic carbocycles. The smallest absolute Gasteiger partial charge is 0.326 e. The van der Waals surface area contributed by atoms with Crippen molar-refractivity contribution in [1.29, 1.82) is 0 Å². The van der Waals surface area contributed by atoms with E-state index in [9.17, 15) is 28.7 Å². The first-order valence-corrected chi connectivity index (χ1v) is 9.90. The number of nitrogens with zero attached hydrogens (tertiary/aromatic N) is 1. The van der Waals surface area contributed by atoms with Gasteiger partial charge in [0.2, 0.25) is 17.7 Å². The molecule has 0 bridgehead atoms. The molecule has 0 aliphatic carbocycles. The summed E-state index contributed by atoms with van der Waals surface area (Å²) >= 11 is 0. The van der Waals surface area contributed by atoms with Gasteiger partial charge in [-0.05, 0) is 36.1 Å². The average molecular weight is 421 g/mol. The lowest BCUT2D eigenvalue weighted by Crippen LogP contribution is -2.55. The third-order valence-corrected chi connectivity index (χ3v) is 5.11. The molecular formula is C21H28FN3O5. The summed E-state index contributed by atoms with van der Waals surface area (Å²) in [6.07, 6.45) is -0.0284. The molecule has 0 saturated carbocycles. The number of rotatable bonds is 8. The molecule has 0 radical (unpaired) electrons. The third-order valence-electron chi connectivity index (χ3n) is 5.11. The van der Waals surface area contributed by atoms with Crippen molar-refractivity contribution in [2.45, 2.75) is 46.2 Å². The predicted octanol–water partition coefficient (Wildman–Crippen LogP) is 1.54. The van der Waals surface area contributed by atoms with Crippen molar-refractivity contribution in [3.8, 4) is 0 Å². The highest BCUT2D eigenvalue weighted by Gasteiger charge is 2.37. The molecule has 1 fully saturated rings. The summed E-state index contributed by atoms with van der Waals surface area (Å²) < 4.78 is 13.1. The molecule has 3 N–H and O–H groups in total. The van der Waals surface area contributed by atoms with Gasteiger partial charge in [-0.3, -0.25) is 14.4 Å². The molecule has 1 aliphatic heterocycles. The van der Waals surface area contributed by atoms with E-state index < -0.39 is 41.6 Å². The van der Waals surface area contributed by atoms with Crippen LogP contribution in [0.2, 0.25) is 0 Å². The predicted molar refractivity (Wildman–Crippen MR) is 108 cm³/mol. The summed E-state index contributed by atoms with van der Waals surface area (Å²) in [4.78, 5) is 50.5. The van der Waals surface area contributed by atoms with Crippen LogP contribution in [0.3, 0.4) is 0 Å². The summed E-state index contributed by atoms with van der Waals surface area (Å²) in [5.74, 6) is -4.17. The first-order chi connectivity index (χ1) is 14.0. The van der Waals surface area contributed by atoms with Crippen molar-refractivity contribution in [3.63, 3.8) is 0 Å². The van der Waals surface area contributed by atoms with Crippen LogP contribution in [0.5, 0.6) is 0 Å². The molecule has 8 nitrogen and oxygen atoms in total. The van der Waals surface area contributed by atoms with Crippen LogP contribution in [-0.4, -0.2) is 47.4 Å². The van der Waals surface area contributed by atoms with Crippen LogP contribution in [0.1, 0.15) is 34.1 Å². The van der Waals surface area contributed by atoms with E-state index in [1.165, 1.54) is 29.2 Å². The van der Waals surface area contributed by atoms with Gasteiger partial charge in [0.25, 0.3) is 0 Å². The molecule has 1 aliphatic rings. The van der Waals surface area contributed by atoms with Crippen LogP contribution < -0.4 is 15.5 Å². The van der Waals surface area contributed by atoms with Crippen LogP contribution in [-0.2, 0) is 19.2 Å². The number of halogens is 1. The first kappa shape index (κ1) is 23.3. The Morgan fingerprint density at radius 3 is 2.10 bits per heavy atom. The number of hydrogen-bond acceptors (Lipinski definition) is 4. The van der Waals surface area contributed by atoms with E-state index in [2.05, 4.69) is 10.6 Å². The number of carboxylic acids is 1. The van der Waals surface area contributed by atoms with Gasteiger partial charge in [-0.2, -0.15) is 0 Å². The van der Waals surface area contributed by atoms with Crippen molar-refractivity contribution in [2.75, 3.05) is 11.4 Å². The van der Waals surface area contributed by atoms with Crippen molar-refractivity contribution in [3.05, 3.63) is 30.1 Å². The van der Waals surface area contributed by atoms with E-state index in [0.29, 0.717) is 5.69 Å². The fourth-order valence-corrected chi connectivity index (χ4v) is 3.32. The molecule has 30 heavy (non-hydrogen) atoms. The van der Waals surface area contributed by atoms with E-state index in [1.807, 2.05) is 0 Å². The number of carboxylic acid groups (broad SMARTS) is 1. The number of benzene rings is 1. The Hall–Kier alpha value is -2.97. The standard InChI is InChI=1S/C21H28FN3O5/c1-11(2)17(20(28)24-18(12(3)4)21(29)30)23-19(27)13-9-16(26)25(10-13)15-7-5-14(22)6-8-15/h5-8,11-13,17-18H,9-10H2,1-4H3,(H,23,27)(H,24,28)(H,29,30)/t13-,17-,18-/m0/s1. The highest BCUT2D eigenvalue weighted by Crippen LogP contribution is 2.25. The molecule has 164 valence electrons. The number of anilines is 1. The normalized spacial score (nSPS) is 18.4. The third kappa shape index (κ3) is 5.55. The zero-order valence-electron chi connectivity index (χ0n) is 17.5. The molecule has 0 spiro atoms. The minimum Gasteiger partial charge on any atom is -0.480 e. The minimum atomic E-state index is -1.15. The van der Waals surface area contributed by atoms with E-state index in [4.69, 9.17) is 0 Å². The maximum absolute atomic E-state index is 13.1. The second kappa shape index (κ2) is 9.69. The highest BCUT2D eigenvalue weighted by atomic mass is 19.1. The Bertz CT molecular complexity index is 809. The Labute approximate surface area is 174 Å². The molecule has 1 saturated heterocycles. The van der Waals surface area contributed by atoms with Crippen LogP contribution in [0.4, 0.5) is 10.1 Å². The summed E-state index contributed by atoms with van der Waals surface area (Å²) in [6, 6.07) is 3.41. The summed E-state index contributed by atoms with van der Waals surface area (Å²) in [5.41, 5.74) is 0.496. The molecule has 1 aromatic rings. The zero-order chi connectivity index (χ0) is 22.6. The monoisotopic (exact) mass is 421 g/mol. The zero-order valence-corrected chi connectivity index (χ0v) is 17.5. The lowest BCUT2D eigenvalue weighted by Gasteiger charge is -2.26. The van der Waals surface area contributed by atoms with Crippen LogP contribution in [0, 0.1) is 23.6 Å². The van der Waals surface area contributed by atoms with Gasteiger partial charge in [0.05, 0.1) is 5.92 Å². The average Bonchev–Trinajstić information content (AvgIpc) is 3.05. The SMILES string of the molecule is CC(C)[C@H](NC(=O)[C@@H](NC(=O)[C@H]1CC(=O)N(c2ccc(F)cc2)C1)C(C)C)C(=O)O. The number of amides is 3. The van der Waals surface area contributed by atoms with Gasteiger partial charge in [0.1, 0.15) is 17.9 Å². The van der Waals surface area contributed by atoms with Crippen LogP contribution in [0.15, 0.2) is 24.3 Å². The Balaban J connectivity index is 2.06. The quantitative estimate of drug-likeness (QED) is 0.589. The minimum absolute atomic E-state index is 0.0284. The molecule has 1 heterocycles. The second-order valence-electron chi connectivity index (χ2n) is 8.18. The summed E-state index contributed by atoms with van der Waals surface area (Å²) in [7, 11) is 0. The van der Waals surface area contributed by atoms with E-state index in [-0.39, 0.29) is 30.7 Å². The molecule has 9 heteroatoms. The van der Waals surface area contributed by atoms with Crippen molar-refractivity contribution in [2.24, 2.45) is 17.8 Å². The molecule has 3 atom stereocenters. The second-order valence-corrected chi connectivity index (χ2v) is 8.18. The lowest BCUT2D eigenvalue weighted by molar-refractivity contribution is -0.143. The van der Waals surface area contributed by atoms with Crippen LogP contribution >= 0.6 is 0 Å². The Morgan fingerprint density at radius 1 is 1.03 bits per heavy atom. The topological polar surface area (TPSA) is 116 Å². The Kier molecular flexibility index (Phi) is 7.53. The summed E-state index contributed by atoms with van der Waals surface area (Å²) in [6.45, 7) is 6.94. The molecule has 0 unspecified atom stereocenters. The number of hydrogen-bond donors (Lipinski definition) is 3. The van der Waals surface area contributed by atoms with Crippen molar-refractivity contribution >= 4 is 29.4 Å². The maximum atomic E-state index is 13.1. The number of carbonyl (C=O) groups is 4. The highest BCUT2D eigenvalue weighted by molar-refractivity contribution is 6.01. The fourth-order valence-electron chi connectivity index (χ4n) is 3.32. The number of carbonyl (C=O) groups excluding carboxylic acids is 3. The molecular weight excluding hydrogens is 393 g/mol. The van der Waals surface area contributed by atoms with Gasteiger partial charge in [-0.1, -0.05) is 27.7 Å². The van der Waals surface area contributed by atoms with E-state index >= 15 is 0 Å². The maximum Gasteiger partial charge on any atom is 0.326 e. The van der Waals surface area contributed by atoms with Gasteiger partial charge in [-0.15, -0.1) is 0 Å². The van der Waals surface area contributed by atoms with Crippen LogP contribution in [0.25, 0.3) is 0 Å². The molecule has 3 amide bonds. The van der Waals surface area contributed by atoms with Crippen molar-refractivity contribution < 1.29 is 28.7 Å². The fraction of sp³-hybridized carbons (Fsp3) is 0.524. The van der Waals surface area contributed by atoms with E-state index in [0.717, 1.165) is 0 Å². The van der Waals surface area contributed by atoms with Gasteiger partial charge in [0, 0.05) is 18.7 Å². The largest absolute Gasteiger partial charge is 0.480 e. The first-order valence-electron chi connectivity index (χ1n) is 9.90. The number of aliphatic carboxylic acids is 1. The Morgan fingerprint density at radius 2 is 1.60 bits per heavy atom. The van der Waals surface area contributed by atoms with Gasteiger partial charge in [0.15, 0.2) is 0 Å². The van der Waals surface area contributed by atoms with Gasteiger partial charge >= 0.3 is 5.97 Å².